The van der Waals surface area contributed by atoms with Crippen LogP contribution in [0.15, 0.2) is 103 Å². The van der Waals surface area contributed by atoms with Gasteiger partial charge < -0.3 is 9.13 Å². The van der Waals surface area contributed by atoms with Crippen LogP contribution in [-0.2, 0) is 6.42 Å². The summed E-state index contributed by atoms with van der Waals surface area (Å²) in [4.78, 5) is 0. The van der Waals surface area contributed by atoms with Crippen molar-refractivity contribution in [3.63, 3.8) is 0 Å². The monoisotopic (exact) mass is 410 g/mol. The van der Waals surface area contributed by atoms with E-state index in [0.717, 1.165) is 12.8 Å². The lowest BCUT2D eigenvalue weighted by Gasteiger charge is -2.14. The molecule has 2 aromatic heterocycles. The van der Waals surface area contributed by atoms with Gasteiger partial charge in [0.15, 0.2) is 0 Å². The third-order valence-electron chi connectivity index (χ3n) is 6.78. The highest BCUT2D eigenvalue weighted by Gasteiger charge is 2.19. The zero-order chi connectivity index (χ0) is 21.1. The van der Waals surface area contributed by atoms with Crippen molar-refractivity contribution in [3.8, 4) is 11.4 Å². The number of rotatable bonds is 2. The van der Waals surface area contributed by atoms with Crippen molar-refractivity contribution in [3.05, 3.63) is 114 Å². The van der Waals surface area contributed by atoms with Gasteiger partial charge in [0.25, 0.3) is 0 Å². The normalized spacial score (nSPS) is 13.2. The van der Waals surface area contributed by atoms with Gasteiger partial charge in [-0.05, 0) is 60.9 Å². The topological polar surface area (TPSA) is 9.86 Å². The number of fused-ring (bicyclic) bond motifs is 6. The molecule has 0 saturated carbocycles. The molecule has 32 heavy (non-hydrogen) atoms. The summed E-state index contributed by atoms with van der Waals surface area (Å²) in [6.45, 7) is 0. The molecule has 0 bridgehead atoms. The molecule has 0 unspecified atom stereocenters. The van der Waals surface area contributed by atoms with Crippen LogP contribution < -0.4 is 0 Å². The molecular formula is C30H22N2. The van der Waals surface area contributed by atoms with Gasteiger partial charge in [0, 0.05) is 33.2 Å². The Morgan fingerprint density at radius 2 is 1.09 bits per heavy atom. The largest absolute Gasteiger partial charge is 0.310 e. The summed E-state index contributed by atoms with van der Waals surface area (Å²) in [5, 5.41) is 3.95. The Hall–Kier alpha value is -4.04. The van der Waals surface area contributed by atoms with Crippen molar-refractivity contribution >= 4 is 38.8 Å². The Morgan fingerprint density at radius 1 is 0.531 bits per heavy atom. The maximum atomic E-state index is 2.43. The van der Waals surface area contributed by atoms with E-state index in [1.807, 2.05) is 0 Å². The smallest absolute Gasteiger partial charge is 0.0541 e. The number of hydrogen-bond donors (Lipinski definition) is 0. The van der Waals surface area contributed by atoms with Gasteiger partial charge in [0.05, 0.1) is 16.6 Å². The summed E-state index contributed by atoms with van der Waals surface area (Å²) in [5.74, 6) is 0. The highest BCUT2D eigenvalue weighted by Crippen LogP contribution is 2.36. The number of aryl methyl sites for hydroxylation is 1. The SMILES string of the molecule is C1=Cc2c(c3ccccc3n2-c2cccc(-n3c4ccccc4c4ccccc43)c2)CC1. The molecular weight excluding hydrogens is 388 g/mol. The van der Waals surface area contributed by atoms with Gasteiger partial charge in [-0.15, -0.1) is 0 Å². The van der Waals surface area contributed by atoms with E-state index < -0.39 is 0 Å². The molecule has 4 aromatic carbocycles. The lowest BCUT2D eigenvalue weighted by molar-refractivity contribution is 0.966. The second-order valence-corrected chi connectivity index (χ2v) is 8.55. The van der Waals surface area contributed by atoms with E-state index in [-0.39, 0.29) is 0 Å². The lowest BCUT2D eigenvalue weighted by Crippen LogP contribution is -2.02. The van der Waals surface area contributed by atoms with Gasteiger partial charge in [-0.2, -0.15) is 0 Å². The van der Waals surface area contributed by atoms with Crippen molar-refractivity contribution < 1.29 is 0 Å². The quantitative estimate of drug-likeness (QED) is 0.277. The fourth-order valence-corrected chi connectivity index (χ4v) is 5.44. The Kier molecular flexibility index (Phi) is 3.71. The zero-order valence-electron chi connectivity index (χ0n) is 17.7. The van der Waals surface area contributed by atoms with Crippen molar-refractivity contribution in [1.29, 1.82) is 0 Å². The minimum Gasteiger partial charge on any atom is -0.310 e. The maximum Gasteiger partial charge on any atom is 0.0541 e. The summed E-state index contributed by atoms with van der Waals surface area (Å²) in [5.41, 5.74) is 8.93. The molecule has 2 nitrogen and oxygen atoms in total. The van der Waals surface area contributed by atoms with E-state index in [0.29, 0.717) is 0 Å². The summed E-state index contributed by atoms with van der Waals surface area (Å²) in [6, 6.07) is 35.1. The fraction of sp³-hybridized carbons (Fsp3) is 0.0667. The Morgan fingerprint density at radius 3 is 1.78 bits per heavy atom. The van der Waals surface area contributed by atoms with E-state index in [9.17, 15) is 0 Å². The molecule has 0 fully saturated rings. The number of hydrogen-bond acceptors (Lipinski definition) is 0. The van der Waals surface area contributed by atoms with Crippen molar-refractivity contribution in [2.75, 3.05) is 0 Å². The highest BCUT2D eigenvalue weighted by molar-refractivity contribution is 6.09. The van der Waals surface area contributed by atoms with Gasteiger partial charge in [-0.25, -0.2) is 0 Å². The van der Waals surface area contributed by atoms with Crippen molar-refractivity contribution in [1.82, 2.24) is 9.13 Å². The van der Waals surface area contributed by atoms with E-state index in [4.69, 9.17) is 0 Å². The van der Waals surface area contributed by atoms with Crippen LogP contribution in [0.2, 0.25) is 0 Å². The molecule has 0 N–H and O–H groups in total. The molecule has 1 aliphatic carbocycles. The molecule has 0 saturated heterocycles. The van der Waals surface area contributed by atoms with Gasteiger partial charge in [0.2, 0.25) is 0 Å². The second kappa shape index (κ2) is 6.73. The van der Waals surface area contributed by atoms with E-state index in [1.165, 1.54) is 55.3 Å². The van der Waals surface area contributed by atoms with Crippen LogP contribution in [-0.4, -0.2) is 9.13 Å². The zero-order valence-corrected chi connectivity index (χ0v) is 17.7. The number of benzene rings is 4. The third-order valence-corrected chi connectivity index (χ3v) is 6.78. The van der Waals surface area contributed by atoms with Crippen LogP contribution in [0.25, 0.3) is 50.2 Å². The van der Waals surface area contributed by atoms with Gasteiger partial charge >= 0.3 is 0 Å². The predicted octanol–water partition coefficient (Wildman–Crippen LogP) is 7.69. The van der Waals surface area contributed by atoms with E-state index in [1.54, 1.807) is 0 Å². The second-order valence-electron chi connectivity index (χ2n) is 8.55. The van der Waals surface area contributed by atoms with Crippen molar-refractivity contribution in [2.45, 2.75) is 12.8 Å². The summed E-state index contributed by atoms with van der Waals surface area (Å²) in [7, 11) is 0. The van der Waals surface area contributed by atoms with Gasteiger partial charge in [-0.1, -0.05) is 66.7 Å². The van der Waals surface area contributed by atoms with Crippen LogP contribution in [0.1, 0.15) is 17.7 Å². The molecule has 2 heterocycles. The molecule has 0 aliphatic heterocycles. The molecule has 0 atom stereocenters. The molecule has 0 spiro atoms. The molecule has 2 heteroatoms. The predicted molar refractivity (Wildman–Crippen MR) is 135 cm³/mol. The number of allylic oxidation sites excluding steroid dienone is 1. The van der Waals surface area contributed by atoms with Gasteiger partial charge in [-0.3, -0.25) is 0 Å². The number of aromatic nitrogens is 2. The summed E-state index contributed by atoms with van der Waals surface area (Å²) in [6.07, 6.45) is 6.81. The molecule has 0 radical (unpaired) electrons. The summed E-state index contributed by atoms with van der Waals surface area (Å²) < 4.78 is 4.82. The minimum absolute atomic E-state index is 1.10. The third kappa shape index (κ3) is 2.41. The first-order valence-electron chi connectivity index (χ1n) is 11.3. The first kappa shape index (κ1) is 17.6. The Labute approximate surface area is 186 Å². The first-order chi connectivity index (χ1) is 15.9. The maximum absolute atomic E-state index is 2.43. The molecule has 1 aliphatic rings. The van der Waals surface area contributed by atoms with Crippen LogP contribution in [0.3, 0.4) is 0 Å². The number of nitrogens with zero attached hydrogens (tertiary/aromatic N) is 2. The molecule has 0 amide bonds. The van der Waals surface area contributed by atoms with Gasteiger partial charge in [0.1, 0.15) is 0 Å². The molecule has 6 aromatic rings. The Balaban J connectivity index is 1.53. The number of para-hydroxylation sites is 3. The average molecular weight is 411 g/mol. The summed E-state index contributed by atoms with van der Waals surface area (Å²) >= 11 is 0. The molecule has 7 rings (SSSR count). The molecule has 152 valence electrons. The first-order valence-corrected chi connectivity index (χ1v) is 11.3. The Bertz CT molecular complexity index is 1620. The van der Waals surface area contributed by atoms with E-state index in [2.05, 4.69) is 118 Å². The minimum atomic E-state index is 1.10. The van der Waals surface area contributed by atoms with Crippen LogP contribution >= 0.6 is 0 Å². The average Bonchev–Trinajstić information content (AvgIpc) is 3.37. The van der Waals surface area contributed by atoms with E-state index >= 15 is 0 Å². The standard InChI is InChI=1S/C30H22N2/c1-5-16-27-23(12-1)24-13-2-6-17-28(24)31(27)21-10-9-11-22(20-21)32-29-18-7-3-14-25(29)26-15-4-8-19-30(26)32/h1-3,5-14,16-20H,4,15H2. The van der Waals surface area contributed by atoms with Crippen LogP contribution in [0, 0.1) is 0 Å². The van der Waals surface area contributed by atoms with Crippen molar-refractivity contribution in [2.24, 2.45) is 0 Å². The fourth-order valence-electron chi connectivity index (χ4n) is 5.44. The van der Waals surface area contributed by atoms with Crippen LogP contribution in [0.4, 0.5) is 0 Å². The van der Waals surface area contributed by atoms with Crippen LogP contribution in [0.5, 0.6) is 0 Å². The lowest BCUT2D eigenvalue weighted by atomic mass is 10.0. The highest BCUT2D eigenvalue weighted by atomic mass is 15.0.